The topological polar surface area (TPSA) is 82.8 Å². The van der Waals surface area contributed by atoms with Crippen molar-refractivity contribution in [1.29, 1.82) is 0 Å². The number of hydrogen-bond donors (Lipinski definition) is 1. The highest BCUT2D eigenvalue weighted by Gasteiger charge is 2.19. The first-order valence-electron chi connectivity index (χ1n) is 7.83. The van der Waals surface area contributed by atoms with E-state index in [0.29, 0.717) is 17.4 Å². The summed E-state index contributed by atoms with van der Waals surface area (Å²) >= 11 is 0. The smallest absolute Gasteiger partial charge is 0.222 e. The minimum absolute atomic E-state index is 0.254. The van der Waals surface area contributed by atoms with Gasteiger partial charge in [0.25, 0.3) is 0 Å². The Morgan fingerprint density at radius 1 is 1.23 bits per heavy atom. The lowest BCUT2D eigenvalue weighted by Crippen LogP contribution is -2.14. The van der Waals surface area contributed by atoms with Gasteiger partial charge >= 0.3 is 0 Å². The van der Waals surface area contributed by atoms with Gasteiger partial charge in [0.15, 0.2) is 11.4 Å². The van der Waals surface area contributed by atoms with Gasteiger partial charge in [-0.25, -0.2) is 9.97 Å². The van der Waals surface area contributed by atoms with Gasteiger partial charge in [-0.2, -0.15) is 4.98 Å². The van der Waals surface area contributed by atoms with E-state index >= 15 is 0 Å². The van der Waals surface area contributed by atoms with Crippen LogP contribution in [0.15, 0.2) is 29.1 Å². The van der Waals surface area contributed by atoms with E-state index in [1.54, 1.807) is 6.26 Å². The monoisotopic (exact) mass is 297 g/mol. The Labute approximate surface area is 128 Å². The second-order valence-corrected chi connectivity index (χ2v) is 5.98. The number of hydrogen-bond acceptors (Lipinski definition) is 5. The van der Waals surface area contributed by atoms with Gasteiger partial charge in [0, 0.05) is 6.54 Å². The number of nitrogen functional groups attached to an aromatic ring is 1. The van der Waals surface area contributed by atoms with Crippen molar-refractivity contribution in [1.82, 2.24) is 19.5 Å². The molecule has 6 heteroatoms. The summed E-state index contributed by atoms with van der Waals surface area (Å²) in [6.07, 6.45) is 10.0. The first kappa shape index (κ1) is 13.3. The molecule has 0 radical (unpaired) electrons. The maximum Gasteiger partial charge on any atom is 0.222 e. The Morgan fingerprint density at radius 3 is 2.86 bits per heavy atom. The van der Waals surface area contributed by atoms with E-state index in [9.17, 15) is 0 Å². The van der Waals surface area contributed by atoms with Crippen molar-refractivity contribution in [2.75, 3.05) is 5.73 Å². The van der Waals surface area contributed by atoms with Crippen LogP contribution in [0.1, 0.15) is 32.1 Å². The minimum Gasteiger partial charge on any atom is -0.463 e. The van der Waals surface area contributed by atoms with Crippen LogP contribution in [0.5, 0.6) is 0 Å². The third-order valence-corrected chi connectivity index (χ3v) is 4.42. The molecule has 0 bridgehead atoms. The third-order valence-electron chi connectivity index (χ3n) is 4.42. The van der Waals surface area contributed by atoms with Gasteiger partial charge < -0.3 is 14.7 Å². The van der Waals surface area contributed by atoms with Gasteiger partial charge in [-0.1, -0.05) is 19.3 Å². The second kappa shape index (κ2) is 5.44. The number of nitrogens with two attached hydrogens (primary N) is 1. The average molecular weight is 297 g/mol. The average Bonchev–Trinajstić information content (AvgIpc) is 3.18. The molecule has 0 saturated heterocycles. The maximum absolute atomic E-state index is 5.89. The van der Waals surface area contributed by atoms with Gasteiger partial charge in [-0.3, -0.25) is 0 Å². The van der Waals surface area contributed by atoms with Crippen LogP contribution in [-0.4, -0.2) is 19.5 Å². The van der Waals surface area contributed by atoms with Crippen LogP contribution < -0.4 is 5.73 Å². The van der Waals surface area contributed by atoms with E-state index in [1.807, 2.05) is 18.5 Å². The molecule has 0 amide bonds. The minimum atomic E-state index is 0.254. The summed E-state index contributed by atoms with van der Waals surface area (Å²) in [5, 5.41) is 0. The van der Waals surface area contributed by atoms with Crippen LogP contribution in [0, 0.1) is 5.92 Å². The van der Waals surface area contributed by atoms with Crippen LogP contribution in [0.4, 0.5) is 5.95 Å². The van der Waals surface area contributed by atoms with Gasteiger partial charge in [0.05, 0.1) is 12.6 Å². The van der Waals surface area contributed by atoms with Gasteiger partial charge in [0.2, 0.25) is 5.95 Å². The fraction of sp³-hybridized carbons (Fsp3) is 0.438. The summed E-state index contributed by atoms with van der Waals surface area (Å²) in [6, 6.07) is 3.69. The molecule has 4 rings (SSSR count). The van der Waals surface area contributed by atoms with Crippen molar-refractivity contribution in [2.45, 2.75) is 38.6 Å². The van der Waals surface area contributed by atoms with Crippen LogP contribution in [0.2, 0.25) is 0 Å². The molecule has 2 N–H and O–H groups in total. The SMILES string of the molecule is Nc1nc(-c2ccco2)c2ncn(CC3CCCCC3)c2n1. The van der Waals surface area contributed by atoms with Crippen molar-refractivity contribution in [3.63, 3.8) is 0 Å². The van der Waals surface area contributed by atoms with Gasteiger partial charge in [-0.15, -0.1) is 0 Å². The summed E-state index contributed by atoms with van der Waals surface area (Å²) in [4.78, 5) is 13.2. The van der Waals surface area contributed by atoms with Crippen molar-refractivity contribution >= 4 is 17.1 Å². The Balaban J connectivity index is 1.75. The van der Waals surface area contributed by atoms with Crippen molar-refractivity contribution in [2.24, 2.45) is 5.92 Å². The first-order valence-corrected chi connectivity index (χ1v) is 7.83. The fourth-order valence-corrected chi connectivity index (χ4v) is 3.33. The summed E-state index contributed by atoms with van der Waals surface area (Å²) in [5.74, 6) is 1.63. The number of imidazole rings is 1. The maximum atomic E-state index is 5.89. The standard InChI is InChI=1S/C16H19N5O/c17-16-19-13(12-7-4-8-22-12)14-15(20-16)21(10-18-14)9-11-5-2-1-3-6-11/h4,7-8,10-11H,1-3,5-6,9H2,(H2,17,19,20). The van der Waals surface area contributed by atoms with Crippen LogP contribution in [-0.2, 0) is 6.54 Å². The molecule has 6 nitrogen and oxygen atoms in total. The van der Waals surface area contributed by atoms with Gasteiger partial charge in [0.1, 0.15) is 11.2 Å². The predicted octanol–water partition coefficient (Wildman–Crippen LogP) is 3.25. The second-order valence-electron chi connectivity index (χ2n) is 5.98. The van der Waals surface area contributed by atoms with Crippen molar-refractivity contribution in [3.8, 4) is 11.5 Å². The molecule has 0 atom stereocenters. The van der Waals surface area contributed by atoms with E-state index in [0.717, 1.165) is 17.7 Å². The Morgan fingerprint density at radius 2 is 2.09 bits per heavy atom. The largest absolute Gasteiger partial charge is 0.463 e. The van der Waals surface area contributed by atoms with E-state index in [1.165, 1.54) is 32.1 Å². The molecule has 0 unspecified atom stereocenters. The van der Waals surface area contributed by atoms with Crippen LogP contribution in [0.3, 0.4) is 0 Å². The lowest BCUT2D eigenvalue weighted by Gasteiger charge is -2.21. The summed E-state index contributed by atoms with van der Waals surface area (Å²) in [6.45, 7) is 0.949. The molecule has 1 aliphatic rings. The molecule has 1 saturated carbocycles. The van der Waals surface area contributed by atoms with E-state index in [4.69, 9.17) is 10.2 Å². The lowest BCUT2D eigenvalue weighted by atomic mass is 9.89. The third kappa shape index (κ3) is 2.34. The zero-order valence-corrected chi connectivity index (χ0v) is 12.4. The number of fused-ring (bicyclic) bond motifs is 1. The molecule has 3 aromatic heterocycles. The molecule has 1 aliphatic carbocycles. The number of anilines is 1. The zero-order chi connectivity index (χ0) is 14.9. The molecule has 0 spiro atoms. The Kier molecular flexibility index (Phi) is 3.29. The van der Waals surface area contributed by atoms with E-state index in [2.05, 4.69) is 19.5 Å². The highest BCUT2D eigenvalue weighted by atomic mass is 16.3. The highest BCUT2D eigenvalue weighted by molar-refractivity contribution is 5.86. The molecule has 1 fully saturated rings. The van der Waals surface area contributed by atoms with Crippen molar-refractivity contribution in [3.05, 3.63) is 24.7 Å². The number of aromatic nitrogens is 4. The van der Waals surface area contributed by atoms with E-state index < -0.39 is 0 Å². The summed E-state index contributed by atoms with van der Waals surface area (Å²) < 4.78 is 7.55. The molecule has 3 aromatic rings. The summed E-state index contributed by atoms with van der Waals surface area (Å²) in [5.41, 5.74) is 8.09. The molecule has 0 aliphatic heterocycles. The number of nitrogens with zero attached hydrogens (tertiary/aromatic N) is 4. The van der Waals surface area contributed by atoms with Gasteiger partial charge in [-0.05, 0) is 30.9 Å². The molecule has 22 heavy (non-hydrogen) atoms. The summed E-state index contributed by atoms with van der Waals surface area (Å²) in [7, 11) is 0. The first-order chi connectivity index (χ1) is 10.8. The van der Waals surface area contributed by atoms with E-state index in [-0.39, 0.29) is 5.95 Å². The van der Waals surface area contributed by atoms with Crippen LogP contribution in [0.25, 0.3) is 22.6 Å². The predicted molar refractivity (Wildman–Crippen MR) is 84.0 cm³/mol. The molecular weight excluding hydrogens is 278 g/mol. The number of furan rings is 1. The normalized spacial score (nSPS) is 16.4. The quantitative estimate of drug-likeness (QED) is 0.802. The lowest BCUT2D eigenvalue weighted by molar-refractivity contribution is 0.321. The van der Waals surface area contributed by atoms with Crippen LogP contribution >= 0.6 is 0 Å². The highest BCUT2D eigenvalue weighted by Crippen LogP contribution is 2.29. The number of rotatable bonds is 3. The zero-order valence-electron chi connectivity index (χ0n) is 12.4. The Bertz CT molecular complexity index is 771. The molecule has 114 valence electrons. The molecule has 0 aromatic carbocycles. The fourth-order valence-electron chi connectivity index (χ4n) is 3.33. The molecule has 3 heterocycles. The molecular formula is C16H19N5O. The van der Waals surface area contributed by atoms with Crippen molar-refractivity contribution < 1.29 is 4.42 Å². The Hall–Kier alpha value is -2.37.